The van der Waals surface area contributed by atoms with E-state index < -0.39 is 0 Å². The Morgan fingerprint density at radius 3 is 2.62 bits per heavy atom. The van der Waals surface area contributed by atoms with Crippen molar-refractivity contribution in [1.29, 1.82) is 0 Å². The zero-order valence-electron chi connectivity index (χ0n) is 16.9. The average molecular weight is 414 g/mol. The number of nitrogens with zero attached hydrogens (tertiary/aromatic N) is 2. The number of hydrogen-bond donors (Lipinski definition) is 2. The van der Waals surface area contributed by atoms with Gasteiger partial charge < -0.3 is 19.7 Å². The first-order chi connectivity index (χ1) is 14.0. The smallest absolute Gasteiger partial charge is 0.231 e. The van der Waals surface area contributed by atoms with Gasteiger partial charge >= 0.3 is 0 Å². The number of ether oxygens (including phenoxy) is 2. The molecule has 29 heavy (non-hydrogen) atoms. The third kappa shape index (κ3) is 4.55. The van der Waals surface area contributed by atoms with Crippen molar-refractivity contribution in [2.45, 2.75) is 27.3 Å². The van der Waals surface area contributed by atoms with Gasteiger partial charge in [-0.15, -0.1) is 11.3 Å². The Hall–Kier alpha value is -2.55. The summed E-state index contributed by atoms with van der Waals surface area (Å²) in [5.74, 6) is 1.95. The maximum absolute atomic E-state index is 11.2. The summed E-state index contributed by atoms with van der Waals surface area (Å²) in [7, 11) is 0. The number of rotatable bonds is 5. The summed E-state index contributed by atoms with van der Waals surface area (Å²) < 4.78 is 11.6. The maximum atomic E-state index is 11.2. The van der Waals surface area contributed by atoms with Gasteiger partial charge in [-0.05, 0) is 43.7 Å². The number of carbonyl (C=O) groups excluding carboxylic acids is 1. The molecule has 3 aromatic rings. The summed E-state index contributed by atoms with van der Waals surface area (Å²) >= 11 is 1.68. The predicted molar refractivity (Wildman–Crippen MR) is 113 cm³/mol. The highest BCUT2D eigenvalue weighted by atomic mass is 32.1. The summed E-state index contributed by atoms with van der Waals surface area (Å²) in [6.45, 7) is 9.90. The molecule has 0 unspecified atom stereocenters. The molecule has 1 amide bonds. The van der Waals surface area contributed by atoms with E-state index in [9.17, 15) is 4.79 Å². The van der Waals surface area contributed by atoms with Crippen LogP contribution in [-0.4, -0.2) is 42.2 Å². The van der Waals surface area contributed by atoms with Gasteiger partial charge in [-0.25, -0.2) is 4.98 Å². The Morgan fingerprint density at radius 2 is 1.93 bits per heavy atom. The number of hydrogen-bond acceptors (Lipinski definition) is 6. The molecule has 0 atom stereocenters. The third-order valence-electron chi connectivity index (χ3n) is 5.04. The Balaban J connectivity index is 1.64. The number of aryl methyl sites for hydroxylation is 2. The van der Waals surface area contributed by atoms with Crippen LogP contribution in [0, 0.1) is 13.8 Å². The van der Waals surface area contributed by atoms with Crippen molar-refractivity contribution in [2.24, 2.45) is 0 Å². The van der Waals surface area contributed by atoms with Crippen LogP contribution in [0.25, 0.3) is 10.2 Å². The molecule has 0 aliphatic carbocycles. The van der Waals surface area contributed by atoms with Crippen molar-refractivity contribution in [3.05, 3.63) is 40.5 Å². The summed E-state index contributed by atoms with van der Waals surface area (Å²) in [5.41, 5.74) is 1.89. The van der Waals surface area contributed by atoms with Crippen LogP contribution in [0.3, 0.4) is 0 Å². The minimum atomic E-state index is -0.101. The van der Waals surface area contributed by atoms with Crippen molar-refractivity contribution >= 4 is 33.1 Å². The van der Waals surface area contributed by atoms with Gasteiger partial charge in [0.15, 0.2) is 5.82 Å². The summed E-state index contributed by atoms with van der Waals surface area (Å²) in [4.78, 5) is 24.4. The fraction of sp³-hybridized carbons (Fsp3) is 0.381. The lowest BCUT2D eigenvalue weighted by Crippen LogP contribution is -3.12. The molecule has 2 aromatic heterocycles. The van der Waals surface area contributed by atoms with E-state index in [1.165, 1.54) is 16.7 Å². The largest absolute Gasteiger partial charge is 0.438 e. The van der Waals surface area contributed by atoms with E-state index in [-0.39, 0.29) is 5.91 Å². The fourth-order valence-corrected chi connectivity index (χ4v) is 4.43. The van der Waals surface area contributed by atoms with Gasteiger partial charge in [0, 0.05) is 17.5 Å². The lowest BCUT2D eigenvalue weighted by molar-refractivity contribution is -0.922. The molecule has 7 nitrogen and oxygen atoms in total. The monoisotopic (exact) mass is 413 g/mol. The number of nitrogens with one attached hydrogen (secondary N) is 2. The van der Waals surface area contributed by atoms with Gasteiger partial charge in [-0.1, -0.05) is 0 Å². The zero-order valence-corrected chi connectivity index (χ0v) is 17.7. The average Bonchev–Trinajstić information content (AvgIpc) is 2.98. The minimum absolute atomic E-state index is 0.101. The Bertz CT molecular complexity index is 1030. The van der Waals surface area contributed by atoms with Crippen molar-refractivity contribution in [3.63, 3.8) is 0 Å². The number of anilines is 1. The van der Waals surface area contributed by atoms with Crippen LogP contribution in [0.4, 0.5) is 5.69 Å². The predicted octanol–water partition coefficient (Wildman–Crippen LogP) is 2.47. The fourth-order valence-electron chi connectivity index (χ4n) is 3.39. The van der Waals surface area contributed by atoms with Crippen LogP contribution in [0.15, 0.2) is 24.3 Å². The molecule has 1 fully saturated rings. The molecule has 0 radical (unpaired) electrons. The van der Waals surface area contributed by atoms with Gasteiger partial charge in [-0.3, -0.25) is 4.79 Å². The number of thiophene rings is 1. The van der Waals surface area contributed by atoms with Crippen LogP contribution >= 0.6 is 11.3 Å². The lowest BCUT2D eigenvalue weighted by Gasteiger charge is -2.23. The van der Waals surface area contributed by atoms with Crippen molar-refractivity contribution in [3.8, 4) is 11.6 Å². The van der Waals surface area contributed by atoms with Crippen molar-refractivity contribution in [2.75, 3.05) is 31.6 Å². The van der Waals surface area contributed by atoms with Gasteiger partial charge in [-0.2, -0.15) is 4.98 Å². The summed E-state index contributed by atoms with van der Waals surface area (Å²) in [5, 5.41) is 3.73. The van der Waals surface area contributed by atoms with Gasteiger partial charge in [0.25, 0.3) is 0 Å². The van der Waals surface area contributed by atoms with E-state index >= 15 is 0 Å². The Labute approximate surface area is 173 Å². The first kappa shape index (κ1) is 19.8. The molecule has 4 rings (SSSR count). The van der Waals surface area contributed by atoms with E-state index in [1.54, 1.807) is 11.3 Å². The second-order valence-corrected chi connectivity index (χ2v) is 8.46. The van der Waals surface area contributed by atoms with Gasteiger partial charge in [0.1, 0.15) is 30.2 Å². The molecule has 2 N–H and O–H groups in total. The topological polar surface area (TPSA) is 77.8 Å². The minimum Gasteiger partial charge on any atom is -0.438 e. The first-order valence-corrected chi connectivity index (χ1v) is 10.5. The zero-order chi connectivity index (χ0) is 20.4. The molecule has 152 valence electrons. The number of aromatic nitrogens is 2. The van der Waals surface area contributed by atoms with Crippen LogP contribution in [0.2, 0.25) is 0 Å². The third-order valence-corrected chi connectivity index (χ3v) is 6.14. The molecule has 1 saturated heterocycles. The van der Waals surface area contributed by atoms with E-state index in [4.69, 9.17) is 19.4 Å². The van der Waals surface area contributed by atoms with Crippen molar-refractivity contribution in [1.82, 2.24) is 9.97 Å². The molecule has 1 aliphatic heterocycles. The SMILES string of the molecule is CC(=O)Nc1ccc(Oc2nc(C[NH+]3CCOCC3)nc3sc(C)c(C)c23)cc1. The first-order valence-electron chi connectivity index (χ1n) is 9.73. The summed E-state index contributed by atoms with van der Waals surface area (Å²) in [6.07, 6.45) is 0. The highest BCUT2D eigenvalue weighted by Crippen LogP contribution is 2.36. The van der Waals surface area contributed by atoms with Crippen molar-refractivity contribution < 1.29 is 19.2 Å². The normalized spacial score (nSPS) is 14.9. The van der Waals surface area contributed by atoms with E-state index in [2.05, 4.69) is 19.2 Å². The quantitative estimate of drug-likeness (QED) is 0.672. The number of benzene rings is 1. The number of fused-ring (bicyclic) bond motifs is 1. The molecule has 0 spiro atoms. The summed E-state index contributed by atoms with van der Waals surface area (Å²) in [6, 6.07) is 7.31. The Kier molecular flexibility index (Phi) is 5.75. The van der Waals surface area contributed by atoms with Crippen LogP contribution in [-0.2, 0) is 16.1 Å². The molecule has 3 heterocycles. The van der Waals surface area contributed by atoms with E-state index in [0.29, 0.717) is 11.6 Å². The molecule has 8 heteroatoms. The van der Waals surface area contributed by atoms with Crippen LogP contribution < -0.4 is 15.0 Å². The number of carbonyl (C=O) groups is 1. The van der Waals surface area contributed by atoms with E-state index in [0.717, 1.165) is 60.1 Å². The maximum Gasteiger partial charge on any atom is 0.231 e. The van der Waals surface area contributed by atoms with Crippen LogP contribution in [0.1, 0.15) is 23.2 Å². The highest BCUT2D eigenvalue weighted by molar-refractivity contribution is 7.18. The molecule has 1 aromatic carbocycles. The van der Waals surface area contributed by atoms with Crippen LogP contribution in [0.5, 0.6) is 11.6 Å². The van der Waals surface area contributed by atoms with Gasteiger partial charge in [0.2, 0.25) is 11.8 Å². The molecule has 1 aliphatic rings. The number of quaternary nitrogens is 1. The van der Waals surface area contributed by atoms with E-state index in [1.807, 2.05) is 24.3 Å². The molecule has 0 bridgehead atoms. The second-order valence-electron chi connectivity index (χ2n) is 7.26. The number of morpholine rings is 1. The second kappa shape index (κ2) is 8.44. The standard InChI is InChI=1S/C21H24N4O3S/c1-13-14(2)29-21-19(13)20(23-18(24-21)12-25-8-10-27-11-9-25)28-17-6-4-16(5-7-17)22-15(3)26/h4-7H,8-12H2,1-3H3,(H,22,26)/p+1. The molecule has 0 saturated carbocycles. The molecular weight excluding hydrogens is 388 g/mol. The van der Waals surface area contributed by atoms with Gasteiger partial charge in [0.05, 0.1) is 18.6 Å². The lowest BCUT2D eigenvalue weighted by atomic mass is 10.2. The highest BCUT2D eigenvalue weighted by Gasteiger charge is 2.20. The number of amides is 1. The molecular formula is C21H25N4O3S+. The Morgan fingerprint density at radius 1 is 1.21 bits per heavy atom.